The van der Waals surface area contributed by atoms with Crippen molar-refractivity contribution in [3.05, 3.63) is 35.9 Å². The summed E-state index contributed by atoms with van der Waals surface area (Å²) in [4.78, 5) is 0. The first-order valence-electron chi connectivity index (χ1n) is 6.55. The third-order valence-electron chi connectivity index (χ3n) is 3.05. The topological polar surface area (TPSA) is 64.5 Å². The van der Waals surface area contributed by atoms with Gasteiger partial charge in [0.15, 0.2) is 0 Å². The van der Waals surface area contributed by atoms with E-state index in [0.29, 0.717) is 0 Å². The van der Waals surface area contributed by atoms with Crippen molar-refractivity contribution >= 4 is 0 Å². The minimum absolute atomic E-state index is 0.0257. The first-order valence-corrected chi connectivity index (χ1v) is 6.55. The Balaban J connectivity index is 2.28. The molecule has 1 aromatic rings. The smallest absolute Gasteiger partial charge is 0.0626 e. The van der Waals surface area contributed by atoms with Crippen LogP contribution >= 0.6 is 0 Å². The monoisotopic (exact) mass is 252 g/mol. The third-order valence-corrected chi connectivity index (χ3v) is 3.05. The number of rotatable bonds is 9. The van der Waals surface area contributed by atoms with Crippen LogP contribution in [-0.4, -0.2) is 42.6 Å². The fraction of sp³-hybridized carbons (Fsp3) is 0.571. The molecule has 0 aromatic heterocycles. The van der Waals surface area contributed by atoms with E-state index in [1.54, 1.807) is 0 Å². The van der Waals surface area contributed by atoms with E-state index in [2.05, 4.69) is 10.6 Å². The number of hydrogen-bond acceptors (Lipinski definition) is 4. The molecule has 0 unspecified atom stereocenters. The SMILES string of the molecule is CC[C@@H](CO)NCCN[C@H](CO)c1ccccc1. The fourth-order valence-corrected chi connectivity index (χ4v) is 1.83. The maximum absolute atomic E-state index is 9.36. The summed E-state index contributed by atoms with van der Waals surface area (Å²) in [5.41, 5.74) is 1.09. The Morgan fingerprint density at radius 3 is 2.22 bits per heavy atom. The summed E-state index contributed by atoms with van der Waals surface area (Å²) in [5.74, 6) is 0. The molecule has 4 N–H and O–H groups in total. The van der Waals surface area contributed by atoms with Gasteiger partial charge < -0.3 is 20.8 Å². The minimum atomic E-state index is -0.0257. The summed E-state index contributed by atoms with van der Waals surface area (Å²) < 4.78 is 0. The molecule has 18 heavy (non-hydrogen) atoms. The lowest BCUT2D eigenvalue weighted by Gasteiger charge is -2.18. The molecular formula is C14H24N2O2. The minimum Gasteiger partial charge on any atom is -0.395 e. The van der Waals surface area contributed by atoms with Crippen molar-refractivity contribution in [1.29, 1.82) is 0 Å². The average molecular weight is 252 g/mol. The van der Waals surface area contributed by atoms with Crippen molar-refractivity contribution in [3.8, 4) is 0 Å². The maximum atomic E-state index is 9.36. The van der Waals surface area contributed by atoms with Gasteiger partial charge in [0.1, 0.15) is 0 Å². The van der Waals surface area contributed by atoms with Crippen LogP contribution in [0.3, 0.4) is 0 Å². The van der Waals surface area contributed by atoms with E-state index in [9.17, 15) is 5.11 Å². The number of benzene rings is 1. The summed E-state index contributed by atoms with van der Waals surface area (Å²) in [6.45, 7) is 3.83. The van der Waals surface area contributed by atoms with Crippen LogP contribution in [0.5, 0.6) is 0 Å². The van der Waals surface area contributed by atoms with Crippen LogP contribution in [0.1, 0.15) is 24.9 Å². The summed E-state index contributed by atoms with van der Waals surface area (Å²) in [5, 5.41) is 24.9. The van der Waals surface area contributed by atoms with Gasteiger partial charge in [0.05, 0.1) is 19.3 Å². The summed E-state index contributed by atoms with van der Waals surface area (Å²) in [6.07, 6.45) is 0.915. The van der Waals surface area contributed by atoms with Crippen molar-refractivity contribution < 1.29 is 10.2 Å². The maximum Gasteiger partial charge on any atom is 0.0626 e. The van der Waals surface area contributed by atoms with E-state index >= 15 is 0 Å². The fourth-order valence-electron chi connectivity index (χ4n) is 1.83. The molecule has 0 saturated heterocycles. The zero-order chi connectivity index (χ0) is 13.2. The third kappa shape index (κ3) is 5.14. The molecule has 4 heteroatoms. The van der Waals surface area contributed by atoms with Crippen LogP contribution in [0.15, 0.2) is 30.3 Å². The van der Waals surface area contributed by atoms with Crippen molar-refractivity contribution in [2.75, 3.05) is 26.3 Å². The van der Waals surface area contributed by atoms with Crippen molar-refractivity contribution in [2.45, 2.75) is 25.4 Å². The zero-order valence-corrected chi connectivity index (χ0v) is 11.0. The lowest BCUT2D eigenvalue weighted by Crippen LogP contribution is -2.38. The Morgan fingerprint density at radius 1 is 1.00 bits per heavy atom. The van der Waals surface area contributed by atoms with Crippen molar-refractivity contribution in [2.24, 2.45) is 0 Å². The highest BCUT2D eigenvalue weighted by Gasteiger charge is 2.08. The van der Waals surface area contributed by atoms with Gasteiger partial charge in [-0.2, -0.15) is 0 Å². The Hall–Kier alpha value is -0.940. The lowest BCUT2D eigenvalue weighted by molar-refractivity contribution is 0.231. The molecule has 0 radical (unpaired) electrons. The predicted molar refractivity (Wildman–Crippen MR) is 73.4 cm³/mol. The highest BCUT2D eigenvalue weighted by Crippen LogP contribution is 2.10. The largest absolute Gasteiger partial charge is 0.395 e. The molecule has 0 spiro atoms. The molecule has 1 rings (SSSR count). The second-order valence-electron chi connectivity index (χ2n) is 4.34. The molecule has 0 fully saturated rings. The number of aliphatic hydroxyl groups excluding tert-OH is 2. The molecule has 0 amide bonds. The summed E-state index contributed by atoms with van der Waals surface area (Å²) >= 11 is 0. The first kappa shape index (κ1) is 15.1. The van der Waals surface area contributed by atoms with Gasteiger partial charge in [0.2, 0.25) is 0 Å². The Labute approximate surface area is 109 Å². The molecule has 4 nitrogen and oxygen atoms in total. The summed E-state index contributed by atoms with van der Waals surface area (Å²) in [6, 6.07) is 10.0. The molecule has 2 atom stereocenters. The lowest BCUT2D eigenvalue weighted by atomic mass is 10.1. The first-order chi connectivity index (χ1) is 8.81. The number of nitrogens with one attached hydrogen (secondary N) is 2. The Kier molecular flexibility index (Phi) is 7.60. The molecule has 0 bridgehead atoms. The van der Waals surface area contributed by atoms with Gasteiger partial charge in [0, 0.05) is 19.1 Å². The molecule has 1 aromatic carbocycles. The van der Waals surface area contributed by atoms with Gasteiger partial charge in [-0.25, -0.2) is 0 Å². The number of hydrogen-bond donors (Lipinski definition) is 4. The molecule has 0 aliphatic rings. The normalized spacial score (nSPS) is 14.4. The molecule has 0 aliphatic heterocycles. The van der Waals surface area contributed by atoms with Crippen molar-refractivity contribution in [3.63, 3.8) is 0 Å². The van der Waals surface area contributed by atoms with E-state index in [1.807, 2.05) is 37.3 Å². The van der Waals surface area contributed by atoms with Crippen LogP contribution in [-0.2, 0) is 0 Å². The average Bonchev–Trinajstić information content (AvgIpc) is 2.44. The second-order valence-corrected chi connectivity index (χ2v) is 4.34. The van der Waals surface area contributed by atoms with Crippen LogP contribution in [0.25, 0.3) is 0 Å². The summed E-state index contributed by atoms with van der Waals surface area (Å²) in [7, 11) is 0. The molecule has 0 heterocycles. The standard InChI is InChI=1S/C14H24N2O2/c1-2-13(10-17)15-8-9-16-14(11-18)12-6-4-3-5-7-12/h3-7,13-18H,2,8-11H2,1H3/t13-,14+/m0/s1. The molecule has 0 saturated carbocycles. The van der Waals surface area contributed by atoms with Crippen molar-refractivity contribution in [1.82, 2.24) is 10.6 Å². The van der Waals surface area contributed by atoms with Gasteiger partial charge in [-0.3, -0.25) is 0 Å². The van der Waals surface area contributed by atoms with E-state index < -0.39 is 0 Å². The van der Waals surface area contributed by atoms with Gasteiger partial charge >= 0.3 is 0 Å². The highest BCUT2D eigenvalue weighted by molar-refractivity contribution is 5.18. The van der Waals surface area contributed by atoms with E-state index in [4.69, 9.17) is 5.11 Å². The van der Waals surface area contributed by atoms with E-state index in [0.717, 1.165) is 25.1 Å². The van der Waals surface area contributed by atoms with Crippen LogP contribution in [0.2, 0.25) is 0 Å². The van der Waals surface area contributed by atoms with Gasteiger partial charge in [-0.15, -0.1) is 0 Å². The second kappa shape index (κ2) is 9.05. The van der Waals surface area contributed by atoms with Crippen LogP contribution in [0, 0.1) is 0 Å². The van der Waals surface area contributed by atoms with E-state index in [-0.39, 0.29) is 25.3 Å². The van der Waals surface area contributed by atoms with Gasteiger partial charge in [-0.05, 0) is 12.0 Å². The predicted octanol–water partition coefficient (Wildman–Crippen LogP) is 0.670. The van der Waals surface area contributed by atoms with E-state index in [1.165, 1.54) is 0 Å². The van der Waals surface area contributed by atoms with Crippen LogP contribution in [0.4, 0.5) is 0 Å². The highest BCUT2D eigenvalue weighted by atomic mass is 16.3. The zero-order valence-electron chi connectivity index (χ0n) is 11.0. The molecule has 102 valence electrons. The Morgan fingerprint density at radius 2 is 1.67 bits per heavy atom. The molecule has 0 aliphatic carbocycles. The van der Waals surface area contributed by atoms with Gasteiger partial charge in [0.25, 0.3) is 0 Å². The van der Waals surface area contributed by atoms with Crippen LogP contribution < -0.4 is 10.6 Å². The quantitative estimate of drug-likeness (QED) is 0.488. The Bertz CT molecular complexity index is 302. The number of aliphatic hydroxyl groups is 2. The van der Waals surface area contributed by atoms with Gasteiger partial charge in [-0.1, -0.05) is 37.3 Å². The molecular weight excluding hydrogens is 228 g/mol.